The molecule has 0 aliphatic rings. The predicted octanol–water partition coefficient (Wildman–Crippen LogP) is 4.15. The minimum atomic E-state index is 0.185. The number of aromatic nitrogens is 1. The SMILES string of the molecule is COCOc1c(OC)ccc2c1c(C)c(-c1ccccc1)n2C. The van der Waals surface area contributed by atoms with Crippen molar-refractivity contribution in [3.05, 3.63) is 48.0 Å². The van der Waals surface area contributed by atoms with E-state index in [1.165, 1.54) is 16.8 Å². The molecule has 0 spiro atoms. The van der Waals surface area contributed by atoms with Gasteiger partial charge >= 0.3 is 0 Å². The molecule has 0 saturated heterocycles. The van der Waals surface area contributed by atoms with Crippen LogP contribution in [0.5, 0.6) is 11.5 Å². The maximum Gasteiger partial charge on any atom is 0.188 e. The van der Waals surface area contributed by atoms with Gasteiger partial charge in [-0.3, -0.25) is 0 Å². The lowest BCUT2D eigenvalue weighted by Crippen LogP contribution is -2.01. The van der Waals surface area contributed by atoms with E-state index in [4.69, 9.17) is 14.2 Å². The largest absolute Gasteiger partial charge is 0.493 e. The normalized spacial score (nSPS) is 11.0. The molecular weight excluding hydrogens is 290 g/mol. The number of hydrogen-bond donors (Lipinski definition) is 0. The van der Waals surface area contributed by atoms with Crippen LogP contribution in [0.2, 0.25) is 0 Å². The Morgan fingerprint density at radius 3 is 2.39 bits per heavy atom. The molecule has 23 heavy (non-hydrogen) atoms. The van der Waals surface area contributed by atoms with E-state index in [-0.39, 0.29) is 6.79 Å². The first-order valence-electron chi connectivity index (χ1n) is 7.52. The van der Waals surface area contributed by atoms with Crippen LogP contribution in [-0.2, 0) is 11.8 Å². The minimum Gasteiger partial charge on any atom is -0.493 e. The van der Waals surface area contributed by atoms with Crippen molar-refractivity contribution in [3.8, 4) is 22.8 Å². The number of methoxy groups -OCH3 is 2. The highest BCUT2D eigenvalue weighted by Crippen LogP contribution is 2.42. The molecule has 0 aliphatic carbocycles. The minimum absolute atomic E-state index is 0.185. The molecule has 0 amide bonds. The van der Waals surface area contributed by atoms with Crippen molar-refractivity contribution in [3.63, 3.8) is 0 Å². The van der Waals surface area contributed by atoms with Crippen LogP contribution in [-0.4, -0.2) is 25.6 Å². The molecule has 0 N–H and O–H groups in total. The average molecular weight is 311 g/mol. The molecule has 0 unspecified atom stereocenters. The number of nitrogens with zero attached hydrogens (tertiary/aromatic N) is 1. The summed E-state index contributed by atoms with van der Waals surface area (Å²) < 4.78 is 18.6. The van der Waals surface area contributed by atoms with Gasteiger partial charge in [-0.2, -0.15) is 0 Å². The Balaban J connectivity index is 2.30. The topological polar surface area (TPSA) is 32.6 Å². The summed E-state index contributed by atoms with van der Waals surface area (Å²) in [4.78, 5) is 0. The van der Waals surface area contributed by atoms with Crippen LogP contribution in [0.25, 0.3) is 22.2 Å². The van der Waals surface area contributed by atoms with E-state index < -0.39 is 0 Å². The van der Waals surface area contributed by atoms with E-state index in [0.29, 0.717) is 5.75 Å². The molecule has 120 valence electrons. The first-order valence-corrected chi connectivity index (χ1v) is 7.52. The second-order valence-corrected chi connectivity index (χ2v) is 5.44. The zero-order valence-electron chi connectivity index (χ0n) is 13.9. The van der Waals surface area contributed by atoms with Crippen LogP contribution in [0.4, 0.5) is 0 Å². The molecule has 0 radical (unpaired) electrons. The Labute approximate surface area is 136 Å². The van der Waals surface area contributed by atoms with Gasteiger partial charge in [-0.25, -0.2) is 0 Å². The summed E-state index contributed by atoms with van der Waals surface area (Å²) in [5.41, 5.74) is 4.63. The molecule has 3 rings (SSSR count). The molecule has 0 bridgehead atoms. The summed E-state index contributed by atoms with van der Waals surface area (Å²) in [6.45, 7) is 2.30. The number of ether oxygens (including phenoxy) is 3. The van der Waals surface area contributed by atoms with Gasteiger partial charge in [0, 0.05) is 19.5 Å². The summed E-state index contributed by atoms with van der Waals surface area (Å²) in [5, 5.41) is 1.06. The molecule has 0 atom stereocenters. The van der Waals surface area contributed by atoms with Crippen LogP contribution in [0.3, 0.4) is 0 Å². The first kappa shape index (κ1) is 15.4. The van der Waals surface area contributed by atoms with Crippen LogP contribution in [0.1, 0.15) is 5.56 Å². The number of aryl methyl sites for hydroxylation is 2. The summed E-state index contributed by atoms with van der Waals surface area (Å²) in [6, 6.07) is 14.4. The zero-order valence-corrected chi connectivity index (χ0v) is 13.9. The zero-order chi connectivity index (χ0) is 16.4. The molecule has 2 aromatic carbocycles. The third-order valence-corrected chi connectivity index (χ3v) is 4.11. The smallest absolute Gasteiger partial charge is 0.188 e. The summed E-state index contributed by atoms with van der Waals surface area (Å²) in [6.07, 6.45) is 0. The molecule has 1 aromatic heterocycles. The molecule has 0 aliphatic heterocycles. The van der Waals surface area contributed by atoms with Crippen LogP contribution < -0.4 is 9.47 Å². The molecule has 4 heteroatoms. The van der Waals surface area contributed by atoms with Gasteiger partial charge in [0.1, 0.15) is 0 Å². The van der Waals surface area contributed by atoms with Crippen LogP contribution >= 0.6 is 0 Å². The molecular formula is C19H21NO3. The van der Waals surface area contributed by atoms with Gasteiger partial charge < -0.3 is 18.8 Å². The summed E-state index contributed by atoms with van der Waals surface area (Å²) in [5.74, 6) is 1.44. The Morgan fingerprint density at radius 2 is 1.74 bits per heavy atom. The second-order valence-electron chi connectivity index (χ2n) is 5.44. The van der Waals surface area contributed by atoms with Crippen molar-refractivity contribution < 1.29 is 14.2 Å². The van der Waals surface area contributed by atoms with Gasteiger partial charge in [-0.05, 0) is 30.2 Å². The maximum absolute atomic E-state index is 5.81. The lowest BCUT2D eigenvalue weighted by molar-refractivity contribution is 0.0503. The van der Waals surface area contributed by atoms with Crippen molar-refractivity contribution in [2.75, 3.05) is 21.0 Å². The number of hydrogen-bond acceptors (Lipinski definition) is 3. The number of rotatable bonds is 5. The predicted molar refractivity (Wildman–Crippen MR) is 92.1 cm³/mol. The van der Waals surface area contributed by atoms with E-state index in [1.54, 1.807) is 14.2 Å². The Bertz CT molecular complexity index is 822. The van der Waals surface area contributed by atoms with Crippen molar-refractivity contribution in [1.29, 1.82) is 0 Å². The van der Waals surface area contributed by atoms with E-state index in [1.807, 2.05) is 12.1 Å². The lowest BCUT2D eigenvalue weighted by Gasteiger charge is -2.12. The number of fused-ring (bicyclic) bond motifs is 1. The van der Waals surface area contributed by atoms with Gasteiger partial charge in [0.05, 0.1) is 18.3 Å². The lowest BCUT2D eigenvalue weighted by atomic mass is 10.1. The molecule has 0 fully saturated rings. The van der Waals surface area contributed by atoms with Crippen molar-refractivity contribution in [2.24, 2.45) is 7.05 Å². The van der Waals surface area contributed by atoms with E-state index in [2.05, 4.69) is 48.9 Å². The standard InChI is InChI=1S/C19H21NO3/c1-13-17-15(10-11-16(22-4)19(17)23-12-21-3)20(2)18(13)14-8-6-5-7-9-14/h5-11H,12H2,1-4H3. The van der Waals surface area contributed by atoms with Crippen molar-refractivity contribution >= 4 is 10.9 Å². The first-order chi connectivity index (χ1) is 11.2. The Hall–Kier alpha value is -2.46. The van der Waals surface area contributed by atoms with Gasteiger partial charge in [-0.1, -0.05) is 30.3 Å². The molecule has 1 heterocycles. The quantitative estimate of drug-likeness (QED) is 0.664. The highest BCUT2D eigenvalue weighted by molar-refractivity contribution is 5.97. The molecule has 0 saturated carbocycles. The van der Waals surface area contributed by atoms with Gasteiger partial charge in [-0.15, -0.1) is 0 Å². The Kier molecular flexibility index (Phi) is 4.26. The fourth-order valence-corrected chi connectivity index (χ4v) is 3.11. The monoisotopic (exact) mass is 311 g/mol. The fraction of sp³-hybridized carbons (Fsp3) is 0.263. The molecule has 3 aromatic rings. The van der Waals surface area contributed by atoms with Gasteiger partial charge in [0.2, 0.25) is 0 Å². The van der Waals surface area contributed by atoms with Gasteiger partial charge in [0.15, 0.2) is 18.3 Å². The van der Waals surface area contributed by atoms with Crippen LogP contribution in [0, 0.1) is 6.92 Å². The van der Waals surface area contributed by atoms with E-state index in [0.717, 1.165) is 16.7 Å². The molecule has 4 nitrogen and oxygen atoms in total. The van der Waals surface area contributed by atoms with Crippen molar-refractivity contribution in [1.82, 2.24) is 4.57 Å². The van der Waals surface area contributed by atoms with Gasteiger partial charge in [0.25, 0.3) is 0 Å². The Morgan fingerprint density at radius 1 is 1.00 bits per heavy atom. The fourth-order valence-electron chi connectivity index (χ4n) is 3.11. The average Bonchev–Trinajstić information content (AvgIpc) is 2.84. The maximum atomic E-state index is 5.81. The summed E-state index contributed by atoms with van der Waals surface area (Å²) in [7, 11) is 5.33. The highest BCUT2D eigenvalue weighted by Gasteiger charge is 2.20. The highest BCUT2D eigenvalue weighted by atomic mass is 16.7. The second kappa shape index (κ2) is 6.34. The van der Waals surface area contributed by atoms with E-state index in [9.17, 15) is 0 Å². The number of benzene rings is 2. The van der Waals surface area contributed by atoms with E-state index >= 15 is 0 Å². The van der Waals surface area contributed by atoms with Crippen LogP contribution in [0.15, 0.2) is 42.5 Å². The third-order valence-electron chi connectivity index (χ3n) is 4.11. The van der Waals surface area contributed by atoms with Crippen molar-refractivity contribution in [2.45, 2.75) is 6.92 Å². The third kappa shape index (κ3) is 2.55. The summed E-state index contributed by atoms with van der Waals surface area (Å²) >= 11 is 0.